The molecule has 3 rings (SSSR count). The molecule has 2 aromatic carbocycles. The predicted octanol–water partition coefficient (Wildman–Crippen LogP) is 1.38. The molecule has 0 bridgehead atoms. The van der Waals surface area contributed by atoms with E-state index in [0.717, 1.165) is 10.5 Å². The summed E-state index contributed by atoms with van der Waals surface area (Å²) in [5.74, 6) is -1.64. The molecule has 3 amide bonds. The zero-order valence-corrected chi connectivity index (χ0v) is 11.7. The van der Waals surface area contributed by atoms with E-state index < -0.39 is 23.8 Å². The number of hydrogen-bond acceptors (Lipinski definition) is 3. The lowest BCUT2D eigenvalue weighted by molar-refractivity contribution is -0.121. The van der Waals surface area contributed by atoms with E-state index in [1.165, 1.54) is 0 Å². The van der Waals surface area contributed by atoms with Gasteiger partial charge in [-0.15, -0.1) is 0 Å². The molecule has 2 N–H and O–H groups in total. The van der Waals surface area contributed by atoms with Crippen LogP contribution >= 0.6 is 0 Å². The van der Waals surface area contributed by atoms with Gasteiger partial charge in [0.15, 0.2) is 0 Å². The molecule has 110 valence electrons. The van der Waals surface area contributed by atoms with Gasteiger partial charge < -0.3 is 5.73 Å². The SMILES string of the molecule is NC(=O)[C@H](Cc1ccccc1)N1C(=O)c2ccccc2C1=O. The number of rotatable bonds is 4. The zero-order valence-electron chi connectivity index (χ0n) is 11.7. The molecule has 1 aliphatic heterocycles. The third-order valence-corrected chi connectivity index (χ3v) is 3.74. The summed E-state index contributed by atoms with van der Waals surface area (Å²) in [4.78, 5) is 37.7. The van der Waals surface area contributed by atoms with Crippen molar-refractivity contribution in [1.29, 1.82) is 0 Å². The van der Waals surface area contributed by atoms with Gasteiger partial charge in [-0.3, -0.25) is 19.3 Å². The maximum Gasteiger partial charge on any atom is 0.262 e. The van der Waals surface area contributed by atoms with E-state index in [1.54, 1.807) is 24.3 Å². The smallest absolute Gasteiger partial charge is 0.262 e. The second-order valence-electron chi connectivity index (χ2n) is 5.13. The topological polar surface area (TPSA) is 80.5 Å². The zero-order chi connectivity index (χ0) is 15.7. The molecule has 0 saturated carbocycles. The van der Waals surface area contributed by atoms with E-state index in [-0.39, 0.29) is 6.42 Å². The quantitative estimate of drug-likeness (QED) is 0.865. The molecule has 5 heteroatoms. The second kappa shape index (κ2) is 5.44. The molecular formula is C17H14N2O3. The van der Waals surface area contributed by atoms with Crippen molar-refractivity contribution < 1.29 is 14.4 Å². The lowest BCUT2D eigenvalue weighted by Gasteiger charge is -2.23. The highest BCUT2D eigenvalue weighted by atomic mass is 16.2. The number of amides is 3. The summed E-state index contributed by atoms with van der Waals surface area (Å²) in [6.45, 7) is 0. The largest absolute Gasteiger partial charge is 0.368 e. The first kappa shape index (κ1) is 14.0. The molecule has 0 aliphatic carbocycles. The third-order valence-electron chi connectivity index (χ3n) is 3.74. The Kier molecular flexibility index (Phi) is 3.47. The Labute approximate surface area is 127 Å². The van der Waals surface area contributed by atoms with Gasteiger partial charge in [-0.05, 0) is 17.7 Å². The van der Waals surface area contributed by atoms with Crippen LogP contribution in [0, 0.1) is 0 Å². The van der Waals surface area contributed by atoms with Crippen LogP contribution in [-0.2, 0) is 11.2 Å². The molecular weight excluding hydrogens is 280 g/mol. The highest BCUT2D eigenvalue weighted by Gasteiger charge is 2.41. The van der Waals surface area contributed by atoms with Crippen molar-refractivity contribution in [2.24, 2.45) is 5.73 Å². The molecule has 0 unspecified atom stereocenters. The van der Waals surface area contributed by atoms with Crippen LogP contribution in [0.3, 0.4) is 0 Å². The molecule has 1 heterocycles. The molecule has 1 aliphatic rings. The van der Waals surface area contributed by atoms with Crippen molar-refractivity contribution in [2.45, 2.75) is 12.5 Å². The van der Waals surface area contributed by atoms with Crippen LogP contribution in [0.15, 0.2) is 54.6 Å². The summed E-state index contributed by atoms with van der Waals surface area (Å²) in [6.07, 6.45) is 0.210. The second-order valence-corrected chi connectivity index (χ2v) is 5.13. The first-order valence-corrected chi connectivity index (χ1v) is 6.89. The molecule has 2 aromatic rings. The fourth-order valence-electron chi connectivity index (χ4n) is 2.65. The molecule has 1 atom stereocenters. The van der Waals surface area contributed by atoms with Gasteiger partial charge in [-0.1, -0.05) is 42.5 Å². The fraction of sp³-hybridized carbons (Fsp3) is 0.118. The molecule has 22 heavy (non-hydrogen) atoms. The van der Waals surface area contributed by atoms with Crippen molar-refractivity contribution in [3.05, 3.63) is 71.3 Å². The highest BCUT2D eigenvalue weighted by molar-refractivity contribution is 6.22. The molecule has 0 radical (unpaired) electrons. The number of carbonyl (C=O) groups excluding carboxylic acids is 3. The van der Waals surface area contributed by atoms with Crippen LogP contribution in [-0.4, -0.2) is 28.7 Å². The van der Waals surface area contributed by atoms with E-state index in [4.69, 9.17) is 5.73 Å². The number of nitrogens with two attached hydrogens (primary N) is 1. The summed E-state index contributed by atoms with van der Waals surface area (Å²) in [5.41, 5.74) is 6.90. The lowest BCUT2D eigenvalue weighted by Crippen LogP contribution is -2.49. The Morgan fingerprint density at radius 3 is 1.91 bits per heavy atom. The maximum atomic E-state index is 12.4. The normalized spacial score (nSPS) is 14.8. The van der Waals surface area contributed by atoms with E-state index in [1.807, 2.05) is 30.3 Å². The van der Waals surface area contributed by atoms with Gasteiger partial charge in [0.05, 0.1) is 11.1 Å². The molecule has 0 fully saturated rings. The minimum atomic E-state index is -0.991. The predicted molar refractivity (Wildman–Crippen MR) is 80.1 cm³/mol. The minimum Gasteiger partial charge on any atom is -0.368 e. The fourth-order valence-corrected chi connectivity index (χ4v) is 2.65. The van der Waals surface area contributed by atoms with Gasteiger partial charge in [-0.25, -0.2) is 0 Å². The van der Waals surface area contributed by atoms with Crippen molar-refractivity contribution in [3.63, 3.8) is 0 Å². The Balaban J connectivity index is 1.95. The first-order valence-electron chi connectivity index (χ1n) is 6.89. The van der Waals surface area contributed by atoms with Crippen molar-refractivity contribution >= 4 is 17.7 Å². The number of imide groups is 1. The van der Waals surface area contributed by atoms with Gasteiger partial charge in [0.25, 0.3) is 11.8 Å². The number of carbonyl (C=O) groups is 3. The lowest BCUT2D eigenvalue weighted by atomic mass is 10.0. The Morgan fingerprint density at radius 1 is 0.909 bits per heavy atom. The maximum absolute atomic E-state index is 12.4. The Hall–Kier alpha value is -2.95. The van der Waals surface area contributed by atoms with Crippen LogP contribution in [0.25, 0.3) is 0 Å². The first-order chi connectivity index (χ1) is 10.6. The number of hydrogen-bond donors (Lipinski definition) is 1. The number of benzene rings is 2. The van der Waals surface area contributed by atoms with Gasteiger partial charge >= 0.3 is 0 Å². The summed E-state index contributed by atoms with van der Waals surface area (Å²) < 4.78 is 0. The number of nitrogens with zero attached hydrogens (tertiary/aromatic N) is 1. The van der Waals surface area contributed by atoms with Crippen LogP contribution in [0.5, 0.6) is 0 Å². The standard InChI is InChI=1S/C17H14N2O3/c18-15(20)14(10-11-6-2-1-3-7-11)19-16(21)12-8-4-5-9-13(12)17(19)22/h1-9,14H,10H2,(H2,18,20)/t14-/m0/s1. The van der Waals surface area contributed by atoms with E-state index in [9.17, 15) is 14.4 Å². The molecule has 5 nitrogen and oxygen atoms in total. The average Bonchev–Trinajstić information content (AvgIpc) is 2.78. The number of primary amides is 1. The van der Waals surface area contributed by atoms with Crippen molar-refractivity contribution in [1.82, 2.24) is 4.90 Å². The third kappa shape index (κ3) is 2.26. The van der Waals surface area contributed by atoms with Crippen molar-refractivity contribution in [3.8, 4) is 0 Å². The number of fused-ring (bicyclic) bond motifs is 1. The van der Waals surface area contributed by atoms with Gasteiger partial charge in [0, 0.05) is 6.42 Å². The Morgan fingerprint density at radius 2 is 1.41 bits per heavy atom. The summed E-state index contributed by atoms with van der Waals surface area (Å²) in [6, 6.07) is 14.7. The average molecular weight is 294 g/mol. The summed E-state index contributed by atoms with van der Waals surface area (Å²) >= 11 is 0. The molecule has 0 spiro atoms. The van der Waals surface area contributed by atoms with Crippen LogP contribution in [0.1, 0.15) is 26.3 Å². The van der Waals surface area contributed by atoms with Gasteiger partial charge in [-0.2, -0.15) is 0 Å². The van der Waals surface area contributed by atoms with E-state index in [2.05, 4.69) is 0 Å². The van der Waals surface area contributed by atoms with E-state index >= 15 is 0 Å². The van der Waals surface area contributed by atoms with Crippen LogP contribution in [0.4, 0.5) is 0 Å². The Bertz CT molecular complexity index is 721. The van der Waals surface area contributed by atoms with Crippen LogP contribution in [0.2, 0.25) is 0 Å². The highest BCUT2D eigenvalue weighted by Crippen LogP contribution is 2.25. The van der Waals surface area contributed by atoms with E-state index in [0.29, 0.717) is 11.1 Å². The summed E-state index contributed by atoms with van der Waals surface area (Å²) in [5, 5.41) is 0. The van der Waals surface area contributed by atoms with Gasteiger partial charge in [0.1, 0.15) is 6.04 Å². The van der Waals surface area contributed by atoms with Crippen molar-refractivity contribution in [2.75, 3.05) is 0 Å². The monoisotopic (exact) mass is 294 g/mol. The van der Waals surface area contributed by atoms with Crippen LogP contribution < -0.4 is 5.73 Å². The summed E-state index contributed by atoms with van der Waals surface area (Å²) in [7, 11) is 0. The minimum absolute atomic E-state index is 0.210. The van der Waals surface area contributed by atoms with Gasteiger partial charge in [0.2, 0.25) is 5.91 Å². The molecule has 0 aromatic heterocycles. The molecule has 0 saturated heterocycles.